The average molecular weight is 561 g/mol. The fourth-order valence-corrected chi connectivity index (χ4v) is 6.90. The van der Waals surface area contributed by atoms with Crippen LogP contribution in [0.4, 0.5) is 21.5 Å². The number of para-hydroxylation sites is 1. The number of fused-ring (bicyclic) bond motifs is 4. The number of rotatable bonds is 5. The molecule has 0 atom stereocenters. The highest BCUT2D eigenvalue weighted by atomic mass is 32.1. The molecule has 0 N–H and O–H groups in total. The molecule has 0 radical (unpaired) electrons. The van der Waals surface area contributed by atoms with Gasteiger partial charge in [-0.2, -0.15) is 0 Å². The van der Waals surface area contributed by atoms with Crippen LogP contribution < -0.4 is 4.90 Å². The van der Waals surface area contributed by atoms with Crippen LogP contribution in [-0.2, 0) is 0 Å². The van der Waals surface area contributed by atoms with Gasteiger partial charge in [-0.1, -0.05) is 60.7 Å². The zero-order chi connectivity index (χ0) is 28.0. The van der Waals surface area contributed by atoms with Gasteiger partial charge in [0.05, 0.1) is 5.52 Å². The molecule has 42 heavy (non-hydrogen) atoms. The van der Waals surface area contributed by atoms with Crippen LogP contribution in [0.25, 0.3) is 47.9 Å². The molecule has 0 spiro atoms. The van der Waals surface area contributed by atoms with E-state index in [1.807, 2.05) is 12.1 Å². The van der Waals surface area contributed by atoms with E-state index in [4.69, 9.17) is 0 Å². The molecule has 8 rings (SSSR count). The van der Waals surface area contributed by atoms with Gasteiger partial charge in [-0.05, 0) is 101 Å². The molecule has 0 amide bonds. The van der Waals surface area contributed by atoms with Crippen molar-refractivity contribution in [2.24, 2.45) is 0 Å². The molecule has 2 heterocycles. The number of thiophene rings is 1. The Bertz CT molecular complexity index is 2190. The Balaban J connectivity index is 1.16. The molecular weight excluding hydrogens is 535 g/mol. The summed E-state index contributed by atoms with van der Waals surface area (Å²) in [5, 5.41) is 3.71. The van der Waals surface area contributed by atoms with Crippen molar-refractivity contribution in [3.8, 4) is 16.8 Å². The first-order valence-corrected chi connectivity index (χ1v) is 14.8. The van der Waals surface area contributed by atoms with E-state index >= 15 is 0 Å². The van der Waals surface area contributed by atoms with Crippen molar-refractivity contribution >= 4 is 59.5 Å². The maximum atomic E-state index is 13.9. The van der Waals surface area contributed by atoms with Crippen molar-refractivity contribution < 1.29 is 4.39 Å². The maximum absolute atomic E-state index is 13.9. The van der Waals surface area contributed by atoms with E-state index in [0.717, 1.165) is 33.9 Å². The predicted octanol–water partition coefficient (Wildman–Crippen LogP) is 11.3. The Morgan fingerprint density at radius 3 is 1.93 bits per heavy atom. The zero-order valence-electron chi connectivity index (χ0n) is 22.6. The Morgan fingerprint density at radius 2 is 1.14 bits per heavy atom. The lowest BCUT2D eigenvalue weighted by atomic mass is 10.0. The SMILES string of the molecule is Fc1ccc(N(c2ccc(-c3ccc(-n4ccc5ccccc54)cc3)cc2)c2ccc3sc4ccccc4c3c2)cc1. The van der Waals surface area contributed by atoms with E-state index in [1.54, 1.807) is 11.3 Å². The van der Waals surface area contributed by atoms with E-state index in [2.05, 4.69) is 137 Å². The number of nitrogens with zero attached hydrogens (tertiary/aromatic N) is 2. The third kappa shape index (κ3) is 4.25. The van der Waals surface area contributed by atoms with Crippen LogP contribution in [0.1, 0.15) is 0 Å². The normalized spacial score (nSPS) is 11.5. The summed E-state index contributed by atoms with van der Waals surface area (Å²) in [6.45, 7) is 0. The van der Waals surface area contributed by atoms with Crippen LogP contribution in [-0.4, -0.2) is 4.57 Å². The summed E-state index contributed by atoms with van der Waals surface area (Å²) < 4.78 is 18.7. The van der Waals surface area contributed by atoms with E-state index in [9.17, 15) is 4.39 Å². The largest absolute Gasteiger partial charge is 0.317 e. The first-order chi connectivity index (χ1) is 20.7. The molecule has 2 nitrogen and oxygen atoms in total. The van der Waals surface area contributed by atoms with Crippen LogP contribution in [0.5, 0.6) is 0 Å². The van der Waals surface area contributed by atoms with Crippen LogP contribution in [0.2, 0.25) is 0 Å². The van der Waals surface area contributed by atoms with E-state index in [0.29, 0.717) is 0 Å². The molecule has 0 fully saturated rings. The third-order valence-corrected chi connectivity index (χ3v) is 9.06. The number of hydrogen-bond donors (Lipinski definition) is 0. The minimum Gasteiger partial charge on any atom is -0.317 e. The van der Waals surface area contributed by atoms with Gasteiger partial charge >= 0.3 is 0 Å². The van der Waals surface area contributed by atoms with Crippen LogP contribution >= 0.6 is 11.3 Å². The molecule has 0 unspecified atom stereocenters. The lowest BCUT2D eigenvalue weighted by Crippen LogP contribution is -2.09. The van der Waals surface area contributed by atoms with Gasteiger partial charge in [0.25, 0.3) is 0 Å². The van der Waals surface area contributed by atoms with Gasteiger partial charge in [-0.3, -0.25) is 0 Å². The summed E-state index contributed by atoms with van der Waals surface area (Å²) in [7, 11) is 0. The molecule has 6 aromatic carbocycles. The second kappa shape index (κ2) is 10.0. The molecule has 0 aliphatic rings. The van der Waals surface area contributed by atoms with Gasteiger partial charge in [0.15, 0.2) is 0 Å². The molecule has 0 bridgehead atoms. The van der Waals surface area contributed by atoms with Gasteiger partial charge in [0.2, 0.25) is 0 Å². The number of halogens is 1. The number of hydrogen-bond acceptors (Lipinski definition) is 2. The summed E-state index contributed by atoms with van der Waals surface area (Å²) in [6, 6.07) is 49.7. The van der Waals surface area contributed by atoms with Crippen molar-refractivity contribution in [3.63, 3.8) is 0 Å². The lowest BCUT2D eigenvalue weighted by Gasteiger charge is -2.26. The minimum atomic E-state index is -0.246. The third-order valence-electron chi connectivity index (χ3n) is 7.91. The summed E-state index contributed by atoms with van der Waals surface area (Å²) in [4.78, 5) is 2.19. The molecule has 0 saturated carbocycles. The van der Waals surface area contributed by atoms with Crippen molar-refractivity contribution in [2.75, 3.05) is 4.90 Å². The monoisotopic (exact) mass is 560 g/mol. The van der Waals surface area contributed by atoms with Crippen molar-refractivity contribution in [3.05, 3.63) is 158 Å². The molecule has 0 aliphatic carbocycles. The number of anilines is 3. The number of benzene rings is 6. The van der Waals surface area contributed by atoms with Gasteiger partial charge in [-0.25, -0.2) is 4.39 Å². The maximum Gasteiger partial charge on any atom is 0.123 e. The Hall–Kier alpha value is -5.19. The van der Waals surface area contributed by atoms with E-state index < -0.39 is 0 Å². The Labute approximate surface area is 247 Å². The smallest absolute Gasteiger partial charge is 0.123 e. The fraction of sp³-hybridized carbons (Fsp3) is 0. The molecule has 200 valence electrons. The van der Waals surface area contributed by atoms with Gasteiger partial charge in [0, 0.05) is 49.1 Å². The van der Waals surface area contributed by atoms with E-state index in [-0.39, 0.29) is 5.82 Å². The van der Waals surface area contributed by atoms with E-state index in [1.165, 1.54) is 43.2 Å². The Kier molecular flexibility index (Phi) is 5.87. The quantitative estimate of drug-likeness (QED) is 0.203. The average Bonchev–Trinajstić information content (AvgIpc) is 3.64. The van der Waals surface area contributed by atoms with Gasteiger partial charge < -0.3 is 9.47 Å². The highest BCUT2D eigenvalue weighted by molar-refractivity contribution is 7.25. The standard InChI is InChI=1S/C38H25FN2S/c39-29-13-19-32(20-14-29)41(33-21-22-38-35(25-33)34-6-2-4-8-37(34)42-38)31-17-11-27(12-18-31)26-9-15-30(16-10-26)40-24-23-28-5-1-3-7-36(28)40/h1-25H. The Morgan fingerprint density at radius 1 is 0.524 bits per heavy atom. The first-order valence-electron chi connectivity index (χ1n) is 14.0. The highest BCUT2D eigenvalue weighted by Crippen LogP contribution is 2.41. The van der Waals surface area contributed by atoms with Crippen molar-refractivity contribution in [2.45, 2.75) is 0 Å². The summed E-state index contributed by atoms with van der Waals surface area (Å²) in [5.74, 6) is -0.246. The lowest BCUT2D eigenvalue weighted by molar-refractivity contribution is 0.628. The van der Waals surface area contributed by atoms with Crippen LogP contribution in [0.3, 0.4) is 0 Å². The highest BCUT2D eigenvalue weighted by Gasteiger charge is 2.15. The summed E-state index contributed by atoms with van der Waals surface area (Å²) in [5.41, 5.74) is 7.58. The molecular formula is C38H25FN2S. The number of aromatic nitrogens is 1. The molecule has 0 saturated heterocycles. The second-order valence-electron chi connectivity index (χ2n) is 10.4. The van der Waals surface area contributed by atoms with Crippen LogP contribution in [0, 0.1) is 5.82 Å². The fourth-order valence-electron chi connectivity index (χ4n) is 5.82. The topological polar surface area (TPSA) is 8.17 Å². The second-order valence-corrected chi connectivity index (χ2v) is 11.5. The minimum absolute atomic E-state index is 0.246. The van der Waals surface area contributed by atoms with Crippen LogP contribution in [0.15, 0.2) is 152 Å². The molecule has 8 aromatic rings. The van der Waals surface area contributed by atoms with Crippen molar-refractivity contribution in [1.29, 1.82) is 0 Å². The molecule has 2 aromatic heterocycles. The molecule has 4 heteroatoms. The zero-order valence-corrected chi connectivity index (χ0v) is 23.4. The van der Waals surface area contributed by atoms with Gasteiger partial charge in [-0.15, -0.1) is 11.3 Å². The first kappa shape index (κ1) is 24.6. The van der Waals surface area contributed by atoms with Gasteiger partial charge in [0.1, 0.15) is 5.82 Å². The summed E-state index contributed by atoms with van der Waals surface area (Å²) in [6.07, 6.45) is 2.12. The van der Waals surface area contributed by atoms with Crippen molar-refractivity contribution in [1.82, 2.24) is 4.57 Å². The predicted molar refractivity (Wildman–Crippen MR) is 176 cm³/mol. The summed E-state index contributed by atoms with van der Waals surface area (Å²) >= 11 is 1.81. The molecule has 0 aliphatic heterocycles.